The summed E-state index contributed by atoms with van der Waals surface area (Å²) in [6.07, 6.45) is 2.65. The maximum atomic E-state index is 11.4. The molecule has 1 amide bonds. The van der Waals surface area contributed by atoms with Crippen molar-refractivity contribution in [3.63, 3.8) is 0 Å². The summed E-state index contributed by atoms with van der Waals surface area (Å²) in [5.41, 5.74) is 5.49. The second-order valence-corrected chi connectivity index (χ2v) is 4.61. The molecule has 3 atom stereocenters. The van der Waals surface area contributed by atoms with Crippen molar-refractivity contribution in [1.29, 1.82) is 0 Å². The molecule has 0 aromatic rings. The first-order valence-corrected chi connectivity index (χ1v) is 5.62. The molecule has 88 valence electrons. The van der Waals surface area contributed by atoms with E-state index in [1.54, 1.807) is 14.0 Å². The minimum absolute atomic E-state index is 0.0811. The molecule has 0 spiro atoms. The lowest BCUT2D eigenvalue weighted by atomic mass is 10.0. The first kappa shape index (κ1) is 12.5. The van der Waals surface area contributed by atoms with E-state index in [0.717, 1.165) is 19.3 Å². The average Bonchev–Trinajstić information content (AvgIpc) is 2.59. The molecule has 0 radical (unpaired) electrons. The van der Waals surface area contributed by atoms with Crippen LogP contribution in [-0.2, 0) is 9.53 Å². The number of likely N-dealkylation sites (N-methyl/N-ethyl adjacent to an activating group) is 1. The number of ether oxygens (including phenoxy) is 1. The number of rotatable bonds is 4. The van der Waals surface area contributed by atoms with Crippen LogP contribution in [0.5, 0.6) is 0 Å². The predicted octanol–water partition coefficient (Wildman–Crippen LogP) is 0.655. The summed E-state index contributed by atoms with van der Waals surface area (Å²) < 4.78 is 5.83. The maximum Gasteiger partial charge on any atom is 0.248 e. The molecule has 0 saturated heterocycles. The molecule has 1 saturated carbocycles. The number of hydrogen-bond acceptors (Lipinski definition) is 3. The molecule has 0 aromatic carbocycles. The highest BCUT2D eigenvalue weighted by Crippen LogP contribution is 2.37. The molecule has 0 heterocycles. The van der Waals surface area contributed by atoms with E-state index in [9.17, 15) is 4.79 Å². The number of carbonyl (C=O) groups is 1. The highest BCUT2D eigenvalue weighted by Gasteiger charge is 2.39. The molecule has 3 unspecified atom stereocenters. The van der Waals surface area contributed by atoms with Gasteiger partial charge in [0.05, 0.1) is 5.60 Å². The van der Waals surface area contributed by atoms with E-state index in [0.29, 0.717) is 12.5 Å². The van der Waals surface area contributed by atoms with Crippen LogP contribution in [0.3, 0.4) is 0 Å². The van der Waals surface area contributed by atoms with E-state index in [1.807, 2.05) is 0 Å². The molecule has 1 rings (SSSR count). The third kappa shape index (κ3) is 2.92. The van der Waals surface area contributed by atoms with E-state index in [-0.39, 0.29) is 11.5 Å². The molecule has 0 aliphatic heterocycles. The standard InChI is InChI=1S/C11H22N2O2/c1-8-4-5-11(6-8,7-12)15-9(2)10(14)13-3/h8-9H,4-7,12H2,1-3H3,(H,13,14). The van der Waals surface area contributed by atoms with E-state index in [2.05, 4.69) is 12.2 Å². The van der Waals surface area contributed by atoms with Gasteiger partial charge in [-0.1, -0.05) is 6.92 Å². The Morgan fingerprint density at radius 1 is 1.73 bits per heavy atom. The zero-order chi connectivity index (χ0) is 11.5. The molecule has 3 N–H and O–H groups in total. The molecule has 1 aliphatic rings. The van der Waals surface area contributed by atoms with Gasteiger partial charge in [0.15, 0.2) is 0 Å². The van der Waals surface area contributed by atoms with Crippen LogP contribution in [0, 0.1) is 5.92 Å². The average molecular weight is 214 g/mol. The van der Waals surface area contributed by atoms with Crippen LogP contribution in [0.4, 0.5) is 0 Å². The van der Waals surface area contributed by atoms with Gasteiger partial charge >= 0.3 is 0 Å². The van der Waals surface area contributed by atoms with Crippen LogP contribution < -0.4 is 11.1 Å². The number of hydrogen-bond donors (Lipinski definition) is 2. The van der Waals surface area contributed by atoms with E-state index in [4.69, 9.17) is 10.5 Å². The van der Waals surface area contributed by atoms with Crippen molar-refractivity contribution in [2.75, 3.05) is 13.6 Å². The minimum atomic E-state index is -0.413. The van der Waals surface area contributed by atoms with Gasteiger partial charge in [-0.15, -0.1) is 0 Å². The van der Waals surface area contributed by atoms with E-state index < -0.39 is 6.10 Å². The Morgan fingerprint density at radius 2 is 2.40 bits per heavy atom. The number of nitrogens with one attached hydrogen (secondary N) is 1. The molecule has 0 aromatic heterocycles. The highest BCUT2D eigenvalue weighted by atomic mass is 16.5. The van der Waals surface area contributed by atoms with Crippen LogP contribution in [0.15, 0.2) is 0 Å². The van der Waals surface area contributed by atoms with Crippen LogP contribution in [0.1, 0.15) is 33.1 Å². The van der Waals surface area contributed by atoms with Gasteiger partial charge in [0.25, 0.3) is 0 Å². The zero-order valence-electron chi connectivity index (χ0n) is 9.88. The van der Waals surface area contributed by atoms with Gasteiger partial charge in [-0.2, -0.15) is 0 Å². The Hall–Kier alpha value is -0.610. The first-order chi connectivity index (χ1) is 7.03. The van der Waals surface area contributed by atoms with Crippen molar-refractivity contribution in [2.24, 2.45) is 11.7 Å². The Morgan fingerprint density at radius 3 is 2.80 bits per heavy atom. The lowest BCUT2D eigenvalue weighted by molar-refractivity contribution is -0.143. The Bertz CT molecular complexity index is 233. The second kappa shape index (κ2) is 4.94. The lowest BCUT2D eigenvalue weighted by Gasteiger charge is -2.31. The first-order valence-electron chi connectivity index (χ1n) is 5.62. The number of nitrogens with two attached hydrogens (primary N) is 1. The smallest absolute Gasteiger partial charge is 0.248 e. The third-order valence-corrected chi connectivity index (χ3v) is 3.23. The van der Waals surface area contributed by atoms with E-state index in [1.165, 1.54) is 0 Å². The molecule has 4 nitrogen and oxygen atoms in total. The van der Waals surface area contributed by atoms with Crippen LogP contribution >= 0.6 is 0 Å². The molecule has 15 heavy (non-hydrogen) atoms. The summed E-state index contributed by atoms with van der Waals surface area (Å²) in [5, 5.41) is 2.59. The van der Waals surface area contributed by atoms with Gasteiger partial charge in [-0.3, -0.25) is 4.79 Å². The monoisotopic (exact) mass is 214 g/mol. The summed E-state index contributed by atoms with van der Waals surface area (Å²) in [7, 11) is 1.62. The molecule has 1 aliphatic carbocycles. The van der Waals surface area contributed by atoms with Gasteiger partial charge in [0.1, 0.15) is 6.10 Å². The Balaban J connectivity index is 2.57. The summed E-state index contributed by atoms with van der Waals surface area (Å²) in [6, 6.07) is 0. The quantitative estimate of drug-likeness (QED) is 0.722. The zero-order valence-corrected chi connectivity index (χ0v) is 9.88. The van der Waals surface area contributed by atoms with Gasteiger partial charge in [0, 0.05) is 13.6 Å². The fourth-order valence-corrected chi connectivity index (χ4v) is 2.32. The second-order valence-electron chi connectivity index (χ2n) is 4.61. The van der Waals surface area contributed by atoms with E-state index >= 15 is 0 Å². The van der Waals surface area contributed by atoms with Crippen molar-refractivity contribution >= 4 is 5.91 Å². The largest absolute Gasteiger partial charge is 0.361 e. The predicted molar refractivity (Wildman–Crippen MR) is 59.4 cm³/mol. The molecule has 0 bridgehead atoms. The summed E-state index contributed by atoms with van der Waals surface area (Å²) in [5.74, 6) is 0.563. The lowest BCUT2D eigenvalue weighted by Crippen LogP contribution is -2.45. The minimum Gasteiger partial charge on any atom is -0.361 e. The van der Waals surface area contributed by atoms with Gasteiger partial charge in [0.2, 0.25) is 5.91 Å². The Labute approximate surface area is 91.5 Å². The number of carbonyl (C=O) groups excluding carboxylic acids is 1. The SMILES string of the molecule is CNC(=O)C(C)OC1(CN)CCC(C)C1. The molecule has 4 heteroatoms. The van der Waals surface area contributed by atoms with Crippen LogP contribution in [0.2, 0.25) is 0 Å². The fraction of sp³-hybridized carbons (Fsp3) is 0.909. The summed E-state index contributed by atoms with van der Waals surface area (Å²) >= 11 is 0. The van der Waals surface area contributed by atoms with Crippen molar-refractivity contribution in [2.45, 2.75) is 44.8 Å². The van der Waals surface area contributed by atoms with Gasteiger partial charge in [-0.05, 0) is 32.1 Å². The summed E-state index contributed by atoms with van der Waals surface area (Å²) in [6.45, 7) is 4.48. The molecular weight excluding hydrogens is 192 g/mol. The van der Waals surface area contributed by atoms with Crippen LogP contribution in [0.25, 0.3) is 0 Å². The van der Waals surface area contributed by atoms with Crippen LogP contribution in [-0.4, -0.2) is 31.2 Å². The van der Waals surface area contributed by atoms with Crippen molar-refractivity contribution in [3.05, 3.63) is 0 Å². The maximum absolute atomic E-state index is 11.4. The van der Waals surface area contributed by atoms with Gasteiger partial charge in [-0.25, -0.2) is 0 Å². The third-order valence-electron chi connectivity index (χ3n) is 3.23. The number of amides is 1. The molecular formula is C11H22N2O2. The summed E-state index contributed by atoms with van der Waals surface area (Å²) in [4.78, 5) is 11.4. The normalized spacial score (nSPS) is 32.7. The Kier molecular flexibility index (Phi) is 4.11. The topological polar surface area (TPSA) is 64.3 Å². The van der Waals surface area contributed by atoms with Gasteiger partial charge < -0.3 is 15.8 Å². The fourth-order valence-electron chi connectivity index (χ4n) is 2.32. The van der Waals surface area contributed by atoms with Crippen molar-refractivity contribution in [1.82, 2.24) is 5.32 Å². The molecule has 1 fully saturated rings. The highest BCUT2D eigenvalue weighted by molar-refractivity contribution is 5.80. The van der Waals surface area contributed by atoms with Crippen molar-refractivity contribution in [3.8, 4) is 0 Å². The van der Waals surface area contributed by atoms with Crippen molar-refractivity contribution < 1.29 is 9.53 Å².